The standard InChI is InChI=1S/C17H17N3O.C16H15N3O.C15H15N3.3C3H8/c1-10-5-7-14(8-6-10)20-15-9-11(2)18-12(3)16(15)19-17(20)13(4)21;1-10-4-6-13(7-5-10)19-14-8-11(2)17-12(3)16(14)18-15(19)9-20;1-10-4-6-13(7-5-10)18-9-16-15-12(3)17-11(2)8-14(15)18;3*1-3-2/h5-9H,1-4H3;4-9H,1-3H3;4-9H,1-3H3;3*3H2,1-2H3/p+3. The van der Waals surface area contributed by atoms with E-state index in [1.807, 2.05) is 132 Å². The molecule has 3 aromatic carbocycles. The van der Waals surface area contributed by atoms with Crippen molar-refractivity contribution in [2.75, 3.05) is 0 Å². The fraction of sp³-hybridized carbons (Fsp3) is 0.333. The molecule has 6 heterocycles. The van der Waals surface area contributed by atoms with Gasteiger partial charge in [-0.25, -0.2) is 15.0 Å². The lowest BCUT2D eigenvalue weighted by molar-refractivity contribution is 0.100. The molecule has 68 heavy (non-hydrogen) atoms. The Labute approximate surface area is 408 Å². The van der Waals surface area contributed by atoms with Crippen LogP contribution >= 0.6 is 0 Å². The summed E-state index contributed by atoms with van der Waals surface area (Å²) in [5.74, 6) is 0.799. The lowest BCUT2D eigenvalue weighted by Gasteiger charge is -2.08. The van der Waals surface area contributed by atoms with Crippen molar-refractivity contribution >= 4 is 45.2 Å². The van der Waals surface area contributed by atoms with E-state index >= 15 is 0 Å². The van der Waals surface area contributed by atoms with Gasteiger partial charge in [0.15, 0.2) is 23.7 Å². The topological polar surface area (TPSA) is 126 Å². The number of imidazole rings is 3. The van der Waals surface area contributed by atoms with Crippen LogP contribution in [0.3, 0.4) is 0 Å². The van der Waals surface area contributed by atoms with Gasteiger partial charge in [0.25, 0.3) is 0 Å². The van der Waals surface area contributed by atoms with Crippen molar-refractivity contribution in [2.45, 2.75) is 130 Å². The van der Waals surface area contributed by atoms with Crippen LogP contribution in [0.15, 0.2) is 97.3 Å². The highest BCUT2D eigenvalue weighted by atomic mass is 16.1. The SMILES string of the molecule is CC(=O)c1nc2c(C)nc(C)cc2n1-c1ccc(C)cc1.CCC.CCC.CCC.Cc1ccc(-n2c(C=O)nc3c(C)nc(C)cc32)cc1.Cc1ccc(-n2cnc3c(C)nc(C)cc32)cc1.[H+].[H+].[H+]. The zero-order chi connectivity index (χ0) is 50.2. The number of nitrogens with zero attached hydrogens (tertiary/aromatic N) is 9. The molecule has 0 N–H and O–H groups in total. The minimum atomic E-state index is -0.0520. The van der Waals surface area contributed by atoms with Gasteiger partial charge in [-0.05, 0) is 117 Å². The van der Waals surface area contributed by atoms with Crippen molar-refractivity contribution in [1.82, 2.24) is 43.6 Å². The van der Waals surface area contributed by atoms with Crippen LogP contribution in [0.1, 0.15) is 144 Å². The van der Waals surface area contributed by atoms with E-state index in [1.165, 1.54) is 36.0 Å². The number of aromatic nitrogens is 9. The predicted octanol–water partition coefficient (Wildman–Crippen LogP) is 14.6. The lowest BCUT2D eigenvalue weighted by Crippen LogP contribution is -2.05. The molecule has 0 aliphatic rings. The predicted molar refractivity (Wildman–Crippen MR) is 286 cm³/mol. The van der Waals surface area contributed by atoms with E-state index in [0.29, 0.717) is 11.6 Å². The molecule has 0 saturated carbocycles. The number of benzene rings is 3. The van der Waals surface area contributed by atoms with Crippen molar-refractivity contribution in [3.63, 3.8) is 0 Å². The Kier molecular flexibility index (Phi) is 19.8. The largest absolute Gasteiger partial charge is 1.00 e. The molecule has 0 radical (unpaired) electrons. The molecule has 0 aliphatic heterocycles. The number of hydrogen-bond acceptors (Lipinski definition) is 8. The maximum Gasteiger partial charge on any atom is 1.00 e. The Morgan fingerprint density at radius 3 is 1.25 bits per heavy atom. The third kappa shape index (κ3) is 13.3. The number of aldehydes is 1. The maximum absolute atomic E-state index is 12.0. The summed E-state index contributed by atoms with van der Waals surface area (Å²) in [5, 5.41) is 0. The number of carbonyl (C=O) groups is 2. The van der Waals surface area contributed by atoms with Crippen LogP contribution in [0.25, 0.3) is 50.2 Å². The number of ketones is 1. The van der Waals surface area contributed by atoms with Crippen LogP contribution < -0.4 is 0 Å². The van der Waals surface area contributed by atoms with Gasteiger partial charge in [-0.15, -0.1) is 0 Å². The summed E-state index contributed by atoms with van der Waals surface area (Å²) in [5.41, 5.74) is 17.7. The number of carbonyl (C=O) groups excluding carboxylic acids is 2. The number of Topliss-reactive ketones (excluding diaryl/α,β-unsaturated/α-hetero) is 1. The normalized spacial score (nSPS) is 10.4. The highest BCUT2D eigenvalue weighted by Crippen LogP contribution is 2.26. The second-order valence-electron chi connectivity index (χ2n) is 17.1. The van der Waals surface area contributed by atoms with Gasteiger partial charge < -0.3 is 0 Å². The van der Waals surface area contributed by atoms with Crippen LogP contribution in [0.5, 0.6) is 0 Å². The van der Waals surface area contributed by atoms with Gasteiger partial charge in [0.05, 0.1) is 33.6 Å². The third-order valence-corrected chi connectivity index (χ3v) is 10.1. The monoisotopic (exact) mass is 917 g/mol. The highest BCUT2D eigenvalue weighted by Gasteiger charge is 2.18. The van der Waals surface area contributed by atoms with E-state index < -0.39 is 0 Å². The summed E-state index contributed by atoms with van der Waals surface area (Å²) < 4.78 is 5.90. The molecule has 9 rings (SSSR count). The lowest BCUT2D eigenvalue weighted by atomic mass is 10.2. The van der Waals surface area contributed by atoms with Crippen LogP contribution in [0.4, 0.5) is 0 Å². The molecular formula is C57H74N9O2+3. The van der Waals surface area contributed by atoms with Gasteiger partial charge in [-0.2, -0.15) is 0 Å². The minimum Gasteiger partial charge on any atom is -0.299 e. The van der Waals surface area contributed by atoms with E-state index in [0.717, 1.165) is 90.6 Å². The van der Waals surface area contributed by atoms with Gasteiger partial charge in [0, 0.05) is 41.1 Å². The molecule has 0 amide bonds. The number of fused-ring (bicyclic) bond motifs is 3. The van der Waals surface area contributed by atoms with E-state index in [4.69, 9.17) is 0 Å². The van der Waals surface area contributed by atoms with Crippen molar-refractivity contribution < 1.29 is 13.9 Å². The molecule has 9 aromatic rings. The molecule has 0 spiro atoms. The van der Waals surface area contributed by atoms with Gasteiger partial charge in [-0.1, -0.05) is 114 Å². The van der Waals surface area contributed by atoms with Gasteiger partial charge in [0.2, 0.25) is 0 Å². The fourth-order valence-electron chi connectivity index (χ4n) is 7.25. The smallest absolute Gasteiger partial charge is 0.299 e. The molecule has 0 fully saturated rings. The van der Waals surface area contributed by atoms with E-state index in [-0.39, 0.29) is 10.1 Å². The van der Waals surface area contributed by atoms with Gasteiger partial charge in [-0.3, -0.25) is 38.2 Å². The second-order valence-corrected chi connectivity index (χ2v) is 17.1. The second kappa shape index (κ2) is 25.1. The first-order valence-electron chi connectivity index (χ1n) is 23.7. The van der Waals surface area contributed by atoms with Crippen LogP contribution in [-0.4, -0.2) is 55.7 Å². The molecule has 356 valence electrons. The summed E-state index contributed by atoms with van der Waals surface area (Å²) in [4.78, 5) is 50.0. The Balaban J connectivity index is 0.000000482. The van der Waals surface area contributed by atoms with Crippen molar-refractivity contribution in [1.29, 1.82) is 0 Å². The number of hydrogen-bond donors (Lipinski definition) is 0. The van der Waals surface area contributed by atoms with Crippen LogP contribution in [0, 0.1) is 62.3 Å². The molecule has 6 aromatic heterocycles. The number of rotatable bonds is 5. The van der Waals surface area contributed by atoms with Crippen LogP contribution in [-0.2, 0) is 0 Å². The van der Waals surface area contributed by atoms with Crippen molar-refractivity contribution in [3.05, 3.63) is 160 Å². The molecular weight excluding hydrogens is 843 g/mol. The molecule has 0 bridgehead atoms. The average molecular weight is 917 g/mol. The maximum atomic E-state index is 12.0. The number of aryl methyl sites for hydroxylation is 9. The molecule has 0 unspecified atom stereocenters. The van der Waals surface area contributed by atoms with Gasteiger partial charge in [0.1, 0.15) is 22.9 Å². The van der Waals surface area contributed by atoms with Gasteiger partial charge >= 0.3 is 4.28 Å². The average Bonchev–Trinajstić information content (AvgIpc) is 4.00. The first kappa shape index (κ1) is 53.5. The molecule has 11 heteroatoms. The molecule has 0 atom stereocenters. The zero-order valence-corrected chi connectivity index (χ0v) is 43.3. The van der Waals surface area contributed by atoms with E-state index in [1.54, 1.807) is 6.92 Å². The Hall–Kier alpha value is -7.14. The quantitative estimate of drug-likeness (QED) is 0.123. The van der Waals surface area contributed by atoms with E-state index in [2.05, 4.69) is 113 Å². The summed E-state index contributed by atoms with van der Waals surface area (Å²) in [6, 6.07) is 30.6. The summed E-state index contributed by atoms with van der Waals surface area (Å²) in [6.45, 7) is 32.2. The first-order chi connectivity index (χ1) is 32.5. The Morgan fingerprint density at radius 1 is 0.485 bits per heavy atom. The highest BCUT2D eigenvalue weighted by molar-refractivity contribution is 5.96. The van der Waals surface area contributed by atoms with Crippen LogP contribution in [0.2, 0.25) is 0 Å². The fourth-order valence-corrected chi connectivity index (χ4v) is 7.25. The summed E-state index contributed by atoms with van der Waals surface area (Å²) >= 11 is 0. The third-order valence-electron chi connectivity index (χ3n) is 10.1. The molecule has 11 nitrogen and oxygen atoms in total. The van der Waals surface area contributed by atoms with Crippen molar-refractivity contribution in [2.24, 2.45) is 0 Å². The number of pyridine rings is 3. The molecule has 0 saturated heterocycles. The zero-order valence-electron chi connectivity index (χ0n) is 46.3. The Bertz CT molecular complexity index is 3080. The summed E-state index contributed by atoms with van der Waals surface area (Å²) in [7, 11) is 0. The first-order valence-corrected chi connectivity index (χ1v) is 23.7. The summed E-state index contributed by atoms with van der Waals surface area (Å²) in [6.07, 6.45) is 6.40. The van der Waals surface area contributed by atoms with E-state index in [9.17, 15) is 9.59 Å². The minimum absolute atomic E-state index is 0. The van der Waals surface area contributed by atoms with Crippen molar-refractivity contribution in [3.8, 4) is 17.1 Å². The molecule has 0 aliphatic carbocycles. The Morgan fingerprint density at radius 2 is 0.838 bits per heavy atom.